The maximum atomic E-state index is 6.10. The molecular weight excluding hydrogens is 186 g/mol. The first-order valence-electron chi connectivity index (χ1n) is 6.48. The Bertz CT molecular complexity index is 183. The lowest BCUT2D eigenvalue weighted by molar-refractivity contribution is -0.119. The molecule has 0 bridgehead atoms. The predicted octanol–water partition coefficient (Wildman–Crippen LogP) is 3.11. The number of nitrogens with one attached hydrogen (secondary N) is 1. The van der Waals surface area contributed by atoms with Gasteiger partial charge in [-0.2, -0.15) is 0 Å². The Morgan fingerprint density at radius 2 is 2.00 bits per heavy atom. The molecule has 3 unspecified atom stereocenters. The summed E-state index contributed by atoms with van der Waals surface area (Å²) in [6.07, 6.45) is 6.84. The van der Waals surface area contributed by atoms with Gasteiger partial charge < -0.3 is 10.1 Å². The van der Waals surface area contributed by atoms with Gasteiger partial charge in [-0.3, -0.25) is 0 Å². The van der Waals surface area contributed by atoms with E-state index in [0.29, 0.717) is 12.1 Å². The van der Waals surface area contributed by atoms with E-state index >= 15 is 0 Å². The summed E-state index contributed by atoms with van der Waals surface area (Å²) in [4.78, 5) is 0. The monoisotopic (exact) mass is 213 g/mol. The fourth-order valence-electron chi connectivity index (χ4n) is 2.21. The summed E-state index contributed by atoms with van der Waals surface area (Å²) < 4.78 is 6.10. The van der Waals surface area contributed by atoms with Gasteiger partial charge in [-0.25, -0.2) is 0 Å². The molecule has 2 heteroatoms. The van der Waals surface area contributed by atoms with Gasteiger partial charge in [-0.05, 0) is 27.2 Å². The summed E-state index contributed by atoms with van der Waals surface area (Å²) in [7, 11) is 0. The lowest BCUT2D eigenvalue weighted by atomic mass is 9.94. The van der Waals surface area contributed by atoms with Gasteiger partial charge in [-0.15, -0.1) is 0 Å². The SMILES string of the molecule is CCCCCCC1(C)CNC(C)C(C)O1. The molecule has 2 nitrogen and oxygen atoms in total. The number of rotatable bonds is 5. The van der Waals surface area contributed by atoms with E-state index in [0.717, 1.165) is 6.54 Å². The van der Waals surface area contributed by atoms with Crippen LogP contribution in [-0.4, -0.2) is 24.3 Å². The van der Waals surface area contributed by atoms with Gasteiger partial charge in [0.2, 0.25) is 0 Å². The number of hydrogen-bond donors (Lipinski definition) is 1. The second-order valence-electron chi connectivity index (χ2n) is 5.25. The lowest BCUT2D eigenvalue weighted by Gasteiger charge is -2.41. The number of hydrogen-bond acceptors (Lipinski definition) is 2. The minimum absolute atomic E-state index is 0.0691. The zero-order chi connectivity index (χ0) is 11.3. The molecule has 1 aliphatic heterocycles. The van der Waals surface area contributed by atoms with E-state index in [-0.39, 0.29) is 5.60 Å². The Morgan fingerprint density at radius 3 is 2.60 bits per heavy atom. The molecule has 1 N–H and O–H groups in total. The molecule has 1 aliphatic rings. The van der Waals surface area contributed by atoms with E-state index in [1.165, 1.54) is 32.1 Å². The van der Waals surface area contributed by atoms with Crippen molar-refractivity contribution >= 4 is 0 Å². The third-order valence-corrected chi connectivity index (χ3v) is 3.53. The van der Waals surface area contributed by atoms with Crippen molar-refractivity contribution in [2.24, 2.45) is 0 Å². The fraction of sp³-hybridized carbons (Fsp3) is 1.00. The standard InChI is InChI=1S/C13H27NO/c1-5-6-7-8-9-13(4)10-14-11(2)12(3)15-13/h11-12,14H,5-10H2,1-4H3. The minimum Gasteiger partial charge on any atom is -0.369 e. The highest BCUT2D eigenvalue weighted by Crippen LogP contribution is 2.25. The Hall–Kier alpha value is -0.0800. The summed E-state index contributed by atoms with van der Waals surface area (Å²) in [6.45, 7) is 9.87. The molecule has 0 aromatic rings. The number of unbranched alkanes of at least 4 members (excludes halogenated alkanes) is 3. The van der Waals surface area contributed by atoms with E-state index in [9.17, 15) is 0 Å². The Balaban J connectivity index is 2.26. The van der Waals surface area contributed by atoms with Gasteiger partial charge in [0.05, 0.1) is 11.7 Å². The predicted molar refractivity (Wildman–Crippen MR) is 65.2 cm³/mol. The second kappa shape index (κ2) is 5.86. The average Bonchev–Trinajstić information content (AvgIpc) is 2.20. The summed E-state index contributed by atoms with van der Waals surface area (Å²) >= 11 is 0. The van der Waals surface area contributed by atoms with Crippen molar-refractivity contribution in [1.82, 2.24) is 5.32 Å². The van der Waals surface area contributed by atoms with Crippen LogP contribution < -0.4 is 5.32 Å². The van der Waals surface area contributed by atoms with Crippen LogP contribution in [0.25, 0.3) is 0 Å². The molecule has 0 radical (unpaired) electrons. The maximum Gasteiger partial charge on any atom is 0.0782 e. The van der Waals surface area contributed by atoms with Crippen LogP contribution in [0, 0.1) is 0 Å². The third kappa shape index (κ3) is 4.12. The topological polar surface area (TPSA) is 21.3 Å². The summed E-state index contributed by atoms with van der Waals surface area (Å²) in [5.41, 5.74) is 0.0691. The van der Waals surface area contributed by atoms with Crippen molar-refractivity contribution in [3.8, 4) is 0 Å². The average molecular weight is 213 g/mol. The first-order chi connectivity index (χ1) is 7.07. The van der Waals surface area contributed by atoms with Crippen molar-refractivity contribution in [3.63, 3.8) is 0 Å². The van der Waals surface area contributed by atoms with Crippen molar-refractivity contribution < 1.29 is 4.74 Å². The lowest BCUT2D eigenvalue weighted by Crippen LogP contribution is -2.55. The highest BCUT2D eigenvalue weighted by atomic mass is 16.5. The molecule has 1 heterocycles. The van der Waals surface area contributed by atoms with Gasteiger partial charge >= 0.3 is 0 Å². The fourth-order valence-corrected chi connectivity index (χ4v) is 2.21. The van der Waals surface area contributed by atoms with E-state index in [4.69, 9.17) is 4.74 Å². The van der Waals surface area contributed by atoms with Gasteiger partial charge in [-0.1, -0.05) is 32.6 Å². The summed E-state index contributed by atoms with van der Waals surface area (Å²) in [6, 6.07) is 0.494. The van der Waals surface area contributed by atoms with Crippen molar-refractivity contribution in [2.45, 2.75) is 77.5 Å². The molecule has 0 spiro atoms. The first-order valence-corrected chi connectivity index (χ1v) is 6.48. The maximum absolute atomic E-state index is 6.10. The number of ether oxygens (including phenoxy) is 1. The van der Waals surface area contributed by atoms with Crippen LogP contribution in [0.5, 0.6) is 0 Å². The molecular formula is C13H27NO. The van der Waals surface area contributed by atoms with Crippen molar-refractivity contribution in [3.05, 3.63) is 0 Å². The zero-order valence-electron chi connectivity index (χ0n) is 10.8. The third-order valence-electron chi connectivity index (χ3n) is 3.53. The highest BCUT2D eigenvalue weighted by Gasteiger charge is 2.33. The van der Waals surface area contributed by atoms with Crippen LogP contribution in [0.3, 0.4) is 0 Å². The van der Waals surface area contributed by atoms with Gasteiger partial charge in [0.15, 0.2) is 0 Å². The van der Waals surface area contributed by atoms with Gasteiger partial charge in [0, 0.05) is 12.6 Å². The van der Waals surface area contributed by atoms with Crippen molar-refractivity contribution in [1.29, 1.82) is 0 Å². The first kappa shape index (κ1) is 13.0. The van der Waals surface area contributed by atoms with Crippen LogP contribution in [0.2, 0.25) is 0 Å². The smallest absolute Gasteiger partial charge is 0.0782 e. The van der Waals surface area contributed by atoms with Crippen molar-refractivity contribution in [2.75, 3.05) is 6.54 Å². The van der Waals surface area contributed by atoms with E-state index < -0.39 is 0 Å². The Kier molecular flexibility index (Phi) is 5.07. The molecule has 90 valence electrons. The normalized spacial score (nSPS) is 36.8. The molecule has 15 heavy (non-hydrogen) atoms. The minimum atomic E-state index is 0.0691. The Morgan fingerprint density at radius 1 is 1.27 bits per heavy atom. The molecule has 0 aromatic heterocycles. The zero-order valence-corrected chi connectivity index (χ0v) is 10.8. The van der Waals surface area contributed by atoms with E-state index in [2.05, 4.69) is 33.0 Å². The van der Waals surface area contributed by atoms with Gasteiger partial charge in [0.1, 0.15) is 0 Å². The molecule has 0 saturated carbocycles. The van der Waals surface area contributed by atoms with Crippen LogP contribution in [0.15, 0.2) is 0 Å². The molecule has 3 atom stereocenters. The van der Waals surface area contributed by atoms with Crippen LogP contribution in [0.4, 0.5) is 0 Å². The molecule has 1 fully saturated rings. The molecule has 0 amide bonds. The molecule has 0 aliphatic carbocycles. The molecule has 1 saturated heterocycles. The Labute approximate surface area is 94.8 Å². The quantitative estimate of drug-likeness (QED) is 0.709. The second-order valence-corrected chi connectivity index (χ2v) is 5.25. The molecule has 1 rings (SSSR count). The van der Waals surface area contributed by atoms with Crippen LogP contribution >= 0.6 is 0 Å². The summed E-state index contributed by atoms with van der Waals surface area (Å²) in [5.74, 6) is 0. The number of morpholine rings is 1. The molecule has 0 aromatic carbocycles. The van der Waals surface area contributed by atoms with E-state index in [1.54, 1.807) is 0 Å². The van der Waals surface area contributed by atoms with Crippen LogP contribution in [-0.2, 0) is 4.74 Å². The van der Waals surface area contributed by atoms with E-state index in [1.807, 2.05) is 0 Å². The highest BCUT2D eigenvalue weighted by molar-refractivity contribution is 4.87. The van der Waals surface area contributed by atoms with Crippen LogP contribution in [0.1, 0.15) is 59.8 Å². The van der Waals surface area contributed by atoms with Gasteiger partial charge in [0.25, 0.3) is 0 Å². The largest absolute Gasteiger partial charge is 0.369 e. The summed E-state index contributed by atoms with van der Waals surface area (Å²) in [5, 5.41) is 3.54.